The highest BCUT2D eigenvalue weighted by Gasteiger charge is 2.21. The third-order valence-electron chi connectivity index (χ3n) is 3.40. The minimum absolute atomic E-state index is 0.354. The summed E-state index contributed by atoms with van der Waals surface area (Å²) in [4.78, 5) is 7.02. The van der Waals surface area contributed by atoms with Crippen LogP contribution in [0.4, 0.5) is 11.6 Å². The molecule has 0 amide bonds. The van der Waals surface area contributed by atoms with Crippen molar-refractivity contribution in [3.05, 3.63) is 18.2 Å². The predicted molar refractivity (Wildman–Crippen MR) is 79.9 cm³/mol. The Hall–Kier alpha value is -1.29. The van der Waals surface area contributed by atoms with Crippen LogP contribution in [0.25, 0.3) is 0 Å². The maximum Gasteiger partial charge on any atom is 0.131 e. The summed E-state index contributed by atoms with van der Waals surface area (Å²) < 4.78 is 5.74. The van der Waals surface area contributed by atoms with Crippen LogP contribution in [0.5, 0.6) is 0 Å². The maximum absolute atomic E-state index is 5.74. The van der Waals surface area contributed by atoms with E-state index >= 15 is 0 Å². The first-order valence-corrected chi connectivity index (χ1v) is 7.41. The number of nitrogens with zero attached hydrogens (tertiary/aromatic N) is 2. The normalized spacial score (nSPS) is 19.5. The van der Waals surface area contributed by atoms with Crippen LogP contribution in [0.1, 0.15) is 33.1 Å². The molecule has 1 saturated heterocycles. The van der Waals surface area contributed by atoms with Crippen molar-refractivity contribution in [3.63, 3.8) is 0 Å². The van der Waals surface area contributed by atoms with Gasteiger partial charge < -0.3 is 15.0 Å². The number of hydrogen-bond acceptors (Lipinski definition) is 4. The molecule has 19 heavy (non-hydrogen) atoms. The SMILES string of the molecule is CCCNc1cccc(N2CCCC(OCC)C2)n1. The molecule has 0 aliphatic carbocycles. The van der Waals surface area contributed by atoms with Crippen LogP contribution in [0.3, 0.4) is 0 Å². The Balaban J connectivity index is 1.99. The van der Waals surface area contributed by atoms with Crippen LogP contribution >= 0.6 is 0 Å². The average Bonchev–Trinajstić information content (AvgIpc) is 2.46. The fraction of sp³-hybridized carbons (Fsp3) is 0.667. The highest BCUT2D eigenvalue weighted by molar-refractivity contribution is 5.47. The zero-order valence-electron chi connectivity index (χ0n) is 12.1. The van der Waals surface area contributed by atoms with E-state index in [2.05, 4.69) is 41.2 Å². The van der Waals surface area contributed by atoms with Gasteiger partial charge in [-0.3, -0.25) is 0 Å². The fourth-order valence-electron chi connectivity index (χ4n) is 2.47. The van der Waals surface area contributed by atoms with Crippen molar-refractivity contribution in [2.45, 2.75) is 39.2 Å². The lowest BCUT2D eigenvalue weighted by atomic mass is 10.1. The van der Waals surface area contributed by atoms with Crippen LogP contribution in [-0.2, 0) is 4.74 Å². The summed E-state index contributed by atoms with van der Waals surface area (Å²) in [5, 5.41) is 3.34. The van der Waals surface area contributed by atoms with E-state index in [0.29, 0.717) is 6.10 Å². The molecular weight excluding hydrogens is 238 g/mol. The van der Waals surface area contributed by atoms with Gasteiger partial charge in [-0.1, -0.05) is 13.0 Å². The van der Waals surface area contributed by atoms with Crippen molar-refractivity contribution in [1.82, 2.24) is 4.98 Å². The smallest absolute Gasteiger partial charge is 0.131 e. The molecule has 0 radical (unpaired) electrons. The number of nitrogens with one attached hydrogen (secondary N) is 1. The molecule has 1 aliphatic heterocycles. The molecule has 106 valence electrons. The van der Waals surface area contributed by atoms with Crippen LogP contribution in [-0.4, -0.2) is 37.3 Å². The Labute approximate surface area is 116 Å². The number of piperidine rings is 1. The molecule has 2 rings (SSSR count). The second-order valence-corrected chi connectivity index (χ2v) is 4.97. The summed E-state index contributed by atoms with van der Waals surface area (Å²) in [6.45, 7) is 8.02. The second-order valence-electron chi connectivity index (χ2n) is 4.97. The van der Waals surface area contributed by atoms with Gasteiger partial charge in [-0.2, -0.15) is 0 Å². The Kier molecular flexibility index (Phi) is 5.45. The van der Waals surface area contributed by atoms with Crippen LogP contribution < -0.4 is 10.2 Å². The molecular formula is C15H25N3O. The van der Waals surface area contributed by atoms with Gasteiger partial charge in [0.25, 0.3) is 0 Å². The molecule has 1 aliphatic rings. The van der Waals surface area contributed by atoms with Crippen molar-refractivity contribution in [3.8, 4) is 0 Å². The van der Waals surface area contributed by atoms with Crippen LogP contribution in [0, 0.1) is 0 Å². The molecule has 0 saturated carbocycles. The Morgan fingerprint density at radius 3 is 3.11 bits per heavy atom. The van der Waals surface area contributed by atoms with Crippen molar-refractivity contribution in [2.24, 2.45) is 0 Å². The zero-order chi connectivity index (χ0) is 13.5. The summed E-state index contributed by atoms with van der Waals surface area (Å²) in [5.41, 5.74) is 0. The summed E-state index contributed by atoms with van der Waals surface area (Å²) in [6.07, 6.45) is 3.81. The van der Waals surface area contributed by atoms with Gasteiger partial charge in [0.1, 0.15) is 11.6 Å². The third-order valence-corrected chi connectivity index (χ3v) is 3.40. The fourth-order valence-corrected chi connectivity index (χ4v) is 2.47. The van der Waals surface area contributed by atoms with Gasteiger partial charge >= 0.3 is 0 Å². The van der Waals surface area contributed by atoms with E-state index in [4.69, 9.17) is 4.74 Å². The summed E-state index contributed by atoms with van der Waals surface area (Å²) >= 11 is 0. The van der Waals surface area contributed by atoms with Crippen molar-refractivity contribution >= 4 is 11.6 Å². The molecule has 4 nitrogen and oxygen atoms in total. The standard InChI is InChI=1S/C15H25N3O/c1-3-10-16-14-8-5-9-15(17-14)18-11-6-7-13(12-18)19-4-2/h5,8-9,13H,3-4,6-7,10-12H2,1-2H3,(H,16,17). The molecule has 1 fully saturated rings. The lowest BCUT2D eigenvalue weighted by molar-refractivity contribution is 0.0525. The molecule has 0 aromatic carbocycles. The summed E-state index contributed by atoms with van der Waals surface area (Å²) in [6, 6.07) is 6.19. The van der Waals surface area contributed by atoms with Gasteiger partial charge in [0.05, 0.1) is 6.10 Å². The largest absolute Gasteiger partial charge is 0.377 e. The van der Waals surface area contributed by atoms with Gasteiger partial charge in [-0.15, -0.1) is 0 Å². The van der Waals surface area contributed by atoms with Crippen LogP contribution in [0.15, 0.2) is 18.2 Å². The number of aromatic nitrogens is 1. The van der Waals surface area contributed by atoms with Gasteiger partial charge in [0, 0.05) is 26.2 Å². The van der Waals surface area contributed by atoms with E-state index < -0.39 is 0 Å². The van der Waals surface area contributed by atoms with E-state index in [-0.39, 0.29) is 0 Å². The maximum atomic E-state index is 5.74. The summed E-state index contributed by atoms with van der Waals surface area (Å²) in [7, 11) is 0. The number of ether oxygens (including phenoxy) is 1. The molecule has 1 aromatic rings. The van der Waals surface area contributed by atoms with Crippen molar-refractivity contribution < 1.29 is 4.74 Å². The summed E-state index contributed by atoms with van der Waals surface area (Å²) in [5.74, 6) is 2.03. The molecule has 0 spiro atoms. The Bertz CT molecular complexity index is 381. The number of anilines is 2. The molecule has 1 aromatic heterocycles. The van der Waals surface area contributed by atoms with Gasteiger partial charge in [-0.25, -0.2) is 4.98 Å². The predicted octanol–water partition coefficient (Wildman–Crippen LogP) is 2.91. The first-order chi connectivity index (χ1) is 9.33. The molecule has 1 atom stereocenters. The molecule has 0 bridgehead atoms. The average molecular weight is 263 g/mol. The third kappa shape index (κ3) is 4.10. The number of rotatable bonds is 6. The first-order valence-electron chi connectivity index (χ1n) is 7.41. The number of pyridine rings is 1. The van der Waals surface area contributed by atoms with E-state index in [1.807, 2.05) is 6.07 Å². The quantitative estimate of drug-likeness (QED) is 0.856. The van der Waals surface area contributed by atoms with Crippen molar-refractivity contribution in [1.29, 1.82) is 0 Å². The highest BCUT2D eigenvalue weighted by atomic mass is 16.5. The van der Waals surface area contributed by atoms with Gasteiger partial charge in [-0.05, 0) is 38.3 Å². The van der Waals surface area contributed by atoms with E-state index in [0.717, 1.165) is 50.7 Å². The second kappa shape index (κ2) is 7.34. The van der Waals surface area contributed by atoms with Crippen molar-refractivity contribution in [2.75, 3.05) is 36.5 Å². The monoisotopic (exact) mass is 263 g/mol. The highest BCUT2D eigenvalue weighted by Crippen LogP contribution is 2.21. The topological polar surface area (TPSA) is 37.4 Å². The zero-order valence-corrected chi connectivity index (χ0v) is 12.1. The molecule has 4 heteroatoms. The minimum Gasteiger partial charge on any atom is -0.377 e. The van der Waals surface area contributed by atoms with E-state index in [9.17, 15) is 0 Å². The first kappa shape index (κ1) is 14.1. The lowest BCUT2D eigenvalue weighted by Crippen LogP contribution is -2.40. The molecule has 1 unspecified atom stereocenters. The molecule has 2 heterocycles. The lowest BCUT2D eigenvalue weighted by Gasteiger charge is -2.33. The van der Waals surface area contributed by atoms with Crippen LogP contribution in [0.2, 0.25) is 0 Å². The molecule has 1 N–H and O–H groups in total. The van der Waals surface area contributed by atoms with E-state index in [1.54, 1.807) is 0 Å². The Morgan fingerprint density at radius 2 is 2.32 bits per heavy atom. The van der Waals surface area contributed by atoms with E-state index in [1.165, 1.54) is 6.42 Å². The minimum atomic E-state index is 0.354. The Morgan fingerprint density at radius 1 is 1.42 bits per heavy atom. The van der Waals surface area contributed by atoms with Gasteiger partial charge in [0.15, 0.2) is 0 Å². The van der Waals surface area contributed by atoms with Gasteiger partial charge in [0.2, 0.25) is 0 Å². The number of hydrogen-bond donors (Lipinski definition) is 1.